The van der Waals surface area contributed by atoms with Gasteiger partial charge in [0, 0.05) is 12.6 Å². The molecular formula is C18H19ClFN3O3S2. The molecule has 3 rings (SSSR count). The largest absolute Gasteiger partial charge is 0.329 e. The number of hydrogen-bond acceptors (Lipinski definition) is 6. The number of aromatic nitrogens is 2. The molecule has 0 saturated carbocycles. The van der Waals surface area contributed by atoms with Gasteiger partial charge in [0.05, 0.1) is 22.7 Å². The molecule has 1 saturated heterocycles. The Labute approximate surface area is 172 Å². The van der Waals surface area contributed by atoms with Crippen LogP contribution in [0.25, 0.3) is 0 Å². The van der Waals surface area contributed by atoms with E-state index < -0.39 is 21.8 Å². The van der Waals surface area contributed by atoms with Crippen molar-refractivity contribution in [3.05, 3.63) is 52.6 Å². The summed E-state index contributed by atoms with van der Waals surface area (Å²) >= 11 is 7.55. The van der Waals surface area contributed by atoms with Crippen molar-refractivity contribution in [2.75, 3.05) is 17.3 Å². The standard InChI is InChI=1S/C18H19ClFN3O3S2/c1-2-27-18-21-9-15(19)16(22-18)17(24)23(14-7-8-28(25,26)11-14)10-12-3-5-13(20)6-4-12/h3-6,9,14H,2,7-8,10-11H2,1H3/t14-/m1/s1. The minimum absolute atomic E-state index is 0.0271. The van der Waals surface area contributed by atoms with Gasteiger partial charge in [-0.2, -0.15) is 0 Å². The van der Waals surface area contributed by atoms with Crippen molar-refractivity contribution in [2.45, 2.75) is 31.1 Å². The van der Waals surface area contributed by atoms with Gasteiger partial charge in [-0.3, -0.25) is 4.79 Å². The SMILES string of the molecule is CCSc1ncc(Cl)c(C(=O)N(Cc2ccc(F)cc2)[C@@H]2CCS(=O)(=O)C2)n1. The van der Waals surface area contributed by atoms with Crippen molar-refractivity contribution in [2.24, 2.45) is 0 Å². The quantitative estimate of drug-likeness (QED) is 0.503. The highest BCUT2D eigenvalue weighted by Gasteiger charge is 2.36. The molecule has 0 radical (unpaired) electrons. The zero-order valence-electron chi connectivity index (χ0n) is 15.1. The Morgan fingerprint density at radius 3 is 2.68 bits per heavy atom. The lowest BCUT2D eigenvalue weighted by molar-refractivity contribution is 0.0674. The van der Waals surface area contributed by atoms with Crippen LogP contribution in [-0.2, 0) is 16.4 Å². The fourth-order valence-electron chi connectivity index (χ4n) is 3.01. The highest BCUT2D eigenvalue weighted by molar-refractivity contribution is 7.99. The molecule has 2 heterocycles. The lowest BCUT2D eigenvalue weighted by atomic mass is 10.1. The highest BCUT2D eigenvalue weighted by atomic mass is 35.5. The summed E-state index contributed by atoms with van der Waals surface area (Å²) in [5.41, 5.74) is 0.728. The second kappa shape index (κ2) is 8.75. The molecule has 2 aromatic rings. The van der Waals surface area contributed by atoms with Crippen LogP contribution < -0.4 is 0 Å². The summed E-state index contributed by atoms with van der Waals surface area (Å²) in [5, 5.41) is 0.534. The predicted octanol–water partition coefficient (Wildman–Crippen LogP) is 3.21. The van der Waals surface area contributed by atoms with Gasteiger partial charge in [0.1, 0.15) is 5.82 Å². The van der Waals surface area contributed by atoms with E-state index in [4.69, 9.17) is 11.6 Å². The Hall–Kier alpha value is -1.71. The van der Waals surface area contributed by atoms with Gasteiger partial charge in [0.15, 0.2) is 20.7 Å². The van der Waals surface area contributed by atoms with E-state index in [0.717, 1.165) is 5.75 Å². The molecule has 1 aliphatic heterocycles. The van der Waals surface area contributed by atoms with Crippen molar-refractivity contribution in [3.63, 3.8) is 0 Å². The van der Waals surface area contributed by atoms with Crippen LogP contribution in [0.1, 0.15) is 29.4 Å². The van der Waals surface area contributed by atoms with Crippen molar-refractivity contribution in [1.82, 2.24) is 14.9 Å². The Kier molecular flexibility index (Phi) is 6.57. The maximum Gasteiger partial charge on any atom is 0.274 e. The number of nitrogens with zero attached hydrogens (tertiary/aromatic N) is 3. The van der Waals surface area contributed by atoms with Crippen LogP contribution in [0.15, 0.2) is 35.6 Å². The van der Waals surface area contributed by atoms with Crippen LogP contribution in [0.5, 0.6) is 0 Å². The number of hydrogen-bond donors (Lipinski definition) is 0. The third kappa shape index (κ3) is 5.01. The van der Waals surface area contributed by atoms with Gasteiger partial charge in [0.2, 0.25) is 0 Å². The van der Waals surface area contributed by atoms with E-state index in [9.17, 15) is 17.6 Å². The van der Waals surface area contributed by atoms with Gasteiger partial charge >= 0.3 is 0 Å². The maximum atomic E-state index is 13.3. The summed E-state index contributed by atoms with van der Waals surface area (Å²) in [4.78, 5) is 23.1. The molecule has 1 aliphatic rings. The topological polar surface area (TPSA) is 80.2 Å². The van der Waals surface area contributed by atoms with Crippen LogP contribution in [0, 0.1) is 5.82 Å². The third-order valence-corrected chi connectivity index (χ3v) is 7.14. The normalized spacial score (nSPS) is 18.2. The zero-order chi connectivity index (χ0) is 20.3. The Morgan fingerprint density at radius 2 is 2.07 bits per heavy atom. The number of amides is 1. The molecule has 0 unspecified atom stereocenters. The number of benzene rings is 1. The lowest BCUT2D eigenvalue weighted by Gasteiger charge is -2.28. The first-order valence-corrected chi connectivity index (χ1v) is 11.9. The Balaban J connectivity index is 1.94. The summed E-state index contributed by atoms with van der Waals surface area (Å²) in [6.45, 7) is 2.07. The van der Waals surface area contributed by atoms with E-state index in [1.807, 2.05) is 6.92 Å². The van der Waals surface area contributed by atoms with Gasteiger partial charge < -0.3 is 4.90 Å². The molecule has 0 N–H and O–H groups in total. The minimum atomic E-state index is -3.21. The van der Waals surface area contributed by atoms with Gasteiger partial charge in [-0.25, -0.2) is 22.8 Å². The first-order valence-electron chi connectivity index (χ1n) is 8.70. The van der Waals surface area contributed by atoms with Crippen LogP contribution in [0.4, 0.5) is 4.39 Å². The minimum Gasteiger partial charge on any atom is -0.329 e. The molecule has 1 atom stereocenters. The summed E-state index contributed by atoms with van der Waals surface area (Å²) in [5.74, 6) is -0.199. The van der Waals surface area contributed by atoms with Gasteiger partial charge in [-0.15, -0.1) is 0 Å². The number of carbonyl (C=O) groups is 1. The zero-order valence-corrected chi connectivity index (χ0v) is 17.5. The van der Waals surface area contributed by atoms with Crippen LogP contribution >= 0.6 is 23.4 Å². The fraction of sp³-hybridized carbons (Fsp3) is 0.389. The van der Waals surface area contributed by atoms with E-state index >= 15 is 0 Å². The Bertz CT molecular complexity index is 971. The van der Waals surface area contributed by atoms with E-state index in [-0.39, 0.29) is 34.6 Å². The first kappa shape index (κ1) is 21.0. The lowest BCUT2D eigenvalue weighted by Crippen LogP contribution is -2.41. The molecular weight excluding hydrogens is 425 g/mol. The van der Waals surface area contributed by atoms with Crippen molar-refractivity contribution in [1.29, 1.82) is 0 Å². The smallest absolute Gasteiger partial charge is 0.274 e. The number of thioether (sulfide) groups is 1. The third-order valence-electron chi connectivity index (χ3n) is 4.37. The Morgan fingerprint density at radius 1 is 1.36 bits per heavy atom. The average molecular weight is 444 g/mol. The molecule has 0 spiro atoms. The molecule has 6 nitrogen and oxygen atoms in total. The van der Waals surface area contributed by atoms with E-state index in [1.54, 1.807) is 12.1 Å². The molecule has 0 bridgehead atoms. The second-order valence-corrected chi connectivity index (χ2v) is 10.3. The molecule has 10 heteroatoms. The first-order chi connectivity index (χ1) is 13.3. The van der Waals surface area contributed by atoms with E-state index in [1.165, 1.54) is 35.0 Å². The van der Waals surface area contributed by atoms with Gasteiger partial charge in [-0.05, 0) is 29.9 Å². The predicted molar refractivity (Wildman–Crippen MR) is 107 cm³/mol. The van der Waals surface area contributed by atoms with E-state index in [2.05, 4.69) is 9.97 Å². The second-order valence-electron chi connectivity index (χ2n) is 6.40. The highest BCUT2D eigenvalue weighted by Crippen LogP contribution is 2.25. The molecule has 1 amide bonds. The number of carbonyl (C=O) groups excluding carboxylic acids is 1. The summed E-state index contributed by atoms with van der Waals surface area (Å²) in [6, 6.07) is 5.25. The maximum absolute atomic E-state index is 13.3. The molecule has 1 aromatic heterocycles. The van der Waals surface area contributed by atoms with Gasteiger partial charge in [0.25, 0.3) is 5.91 Å². The van der Waals surface area contributed by atoms with E-state index in [0.29, 0.717) is 17.1 Å². The summed E-state index contributed by atoms with van der Waals surface area (Å²) < 4.78 is 37.2. The molecule has 0 aliphatic carbocycles. The molecule has 1 fully saturated rings. The average Bonchev–Trinajstić information content (AvgIpc) is 3.02. The number of rotatable bonds is 6. The molecule has 1 aromatic carbocycles. The van der Waals surface area contributed by atoms with Crippen molar-refractivity contribution >= 4 is 39.1 Å². The van der Waals surface area contributed by atoms with Crippen molar-refractivity contribution in [3.8, 4) is 0 Å². The fourth-order valence-corrected chi connectivity index (χ4v) is 5.45. The summed E-state index contributed by atoms with van der Waals surface area (Å²) in [6.07, 6.45) is 1.72. The summed E-state index contributed by atoms with van der Waals surface area (Å²) in [7, 11) is -3.21. The van der Waals surface area contributed by atoms with Crippen molar-refractivity contribution < 1.29 is 17.6 Å². The monoisotopic (exact) mass is 443 g/mol. The van der Waals surface area contributed by atoms with Gasteiger partial charge in [-0.1, -0.05) is 42.4 Å². The molecule has 150 valence electrons. The van der Waals surface area contributed by atoms with Crippen LogP contribution in [0.2, 0.25) is 5.02 Å². The van der Waals surface area contributed by atoms with Crippen LogP contribution in [0.3, 0.4) is 0 Å². The van der Waals surface area contributed by atoms with Crippen LogP contribution in [-0.4, -0.2) is 52.5 Å². The molecule has 28 heavy (non-hydrogen) atoms. The number of halogens is 2. The number of sulfone groups is 1.